The molecule has 3 amide bonds. The highest BCUT2D eigenvalue weighted by atomic mass is 35.5. The Kier molecular flexibility index (Phi) is 8.20. The smallest absolute Gasteiger partial charge is 0.234 e. The summed E-state index contributed by atoms with van der Waals surface area (Å²) in [6, 6.07) is 10.8. The Balaban J connectivity index is 1.47. The summed E-state index contributed by atoms with van der Waals surface area (Å²) in [5.41, 5.74) is 2.12. The van der Waals surface area contributed by atoms with Gasteiger partial charge in [-0.05, 0) is 36.4 Å². The van der Waals surface area contributed by atoms with E-state index in [1.165, 1.54) is 48.2 Å². The first-order chi connectivity index (χ1) is 15.3. The fourth-order valence-corrected chi connectivity index (χ4v) is 4.41. The van der Waals surface area contributed by atoms with E-state index in [-0.39, 0.29) is 34.9 Å². The maximum atomic E-state index is 13.2. The highest BCUT2D eigenvalue weighted by Crippen LogP contribution is 2.24. The minimum absolute atomic E-state index is 0.0359. The third kappa shape index (κ3) is 7.33. The number of carbonyl (C=O) groups is 3. The highest BCUT2D eigenvalue weighted by Gasteiger charge is 2.11. The average Bonchev–Trinajstić information content (AvgIpc) is 3.16. The standard InChI is InChI=1S/C21H18ClFN4O3S2/c1-12(28)24-13-3-2-4-14(7-13)26-20(30)11-32-21-27-16(10-31-21)9-19(29)25-15-5-6-18(23)17(22)8-15/h2-8,10H,9,11H2,1H3,(H,24,28)(H,25,29)(H,26,30). The van der Waals surface area contributed by atoms with Crippen molar-refractivity contribution in [3.63, 3.8) is 0 Å². The molecule has 32 heavy (non-hydrogen) atoms. The van der Waals surface area contributed by atoms with Gasteiger partial charge in [0, 0.05) is 29.4 Å². The quantitative estimate of drug-likeness (QED) is 0.392. The summed E-state index contributed by atoms with van der Waals surface area (Å²) in [4.78, 5) is 39.9. The first-order valence-corrected chi connectivity index (χ1v) is 11.5. The topological polar surface area (TPSA) is 100 Å². The second-order valence-electron chi connectivity index (χ2n) is 6.56. The summed E-state index contributed by atoms with van der Waals surface area (Å²) in [6.45, 7) is 1.41. The molecule has 3 rings (SSSR count). The van der Waals surface area contributed by atoms with E-state index in [1.807, 2.05) is 0 Å². The number of carbonyl (C=O) groups excluding carboxylic acids is 3. The molecule has 0 aliphatic rings. The van der Waals surface area contributed by atoms with E-state index in [9.17, 15) is 18.8 Å². The number of thiazole rings is 1. The van der Waals surface area contributed by atoms with Gasteiger partial charge in [0.1, 0.15) is 5.82 Å². The molecule has 0 spiro atoms. The number of nitrogens with zero attached hydrogens (tertiary/aromatic N) is 1. The lowest BCUT2D eigenvalue weighted by Crippen LogP contribution is -2.15. The van der Waals surface area contributed by atoms with Gasteiger partial charge in [-0.2, -0.15) is 0 Å². The first kappa shape index (κ1) is 23.7. The number of nitrogens with one attached hydrogen (secondary N) is 3. The van der Waals surface area contributed by atoms with Gasteiger partial charge in [0.2, 0.25) is 17.7 Å². The Bertz CT molecular complexity index is 1160. The van der Waals surface area contributed by atoms with Gasteiger partial charge in [-0.1, -0.05) is 29.4 Å². The Hall–Kier alpha value is -2.95. The zero-order valence-electron chi connectivity index (χ0n) is 16.8. The van der Waals surface area contributed by atoms with Gasteiger partial charge in [-0.3, -0.25) is 14.4 Å². The molecule has 0 saturated heterocycles. The Labute approximate surface area is 196 Å². The van der Waals surface area contributed by atoms with Crippen LogP contribution in [0.15, 0.2) is 52.2 Å². The molecule has 0 atom stereocenters. The summed E-state index contributed by atoms with van der Waals surface area (Å²) in [5.74, 6) is -1.16. The maximum Gasteiger partial charge on any atom is 0.234 e. The zero-order chi connectivity index (χ0) is 23.1. The number of thioether (sulfide) groups is 1. The van der Waals surface area contributed by atoms with Crippen LogP contribution in [0.1, 0.15) is 12.6 Å². The second kappa shape index (κ2) is 11.1. The average molecular weight is 493 g/mol. The minimum atomic E-state index is -0.560. The largest absolute Gasteiger partial charge is 0.326 e. The van der Waals surface area contributed by atoms with E-state index >= 15 is 0 Å². The molecule has 7 nitrogen and oxygen atoms in total. The number of halogens is 2. The number of amides is 3. The van der Waals surface area contributed by atoms with E-state index in [0.717, 1.165) is 0 Å². The van der Waals surface area contributed by atoms with Gasteiger partial charge in [0.15, 0.2) is 4.34 Å². The van der Waals surface area contributed by atoms with Crippen molar-refractivity contribution in [1.29, 1.82) is 0 Å². The van der Waals surface area contributed by atoms with Crippen molar-refractivity contribution in [3.05, 3.63) is 64.4 Å². The lowest BCUT2D eigenvalue weighted by atomic mass is 10.2. The first-order valence-electron chi connectivity index (χ1n) is 9.28. The van der Waals surface area contributed by atoms with Crippen molar-refractivity contribution >= 4 is 69.5 Å². The molecule has 0 radical (unpaired) electrons. The molecule has 1 heterocycles. The molecular formula is C21H18ClFN4O3S2. The van der Waals surface area contributed by atoms with Crippen LogP contribution in [0.3, 0.4) is 0 Å². The number of benzene rings is 2. The van der Waals surface area contributed by atoms with Crippen molar-refractivity contribution < 1.29 is 18.8 Å². The normalized spacial score (nSPS) is 10.5. The molecule has 3 aromatic rings. The van der Waals surface area contributed by atoms with Crippen LogP contribution in [0.5, 0.6) is 0 Å². The van der Waals surface area contributed by atoms with Crippen molar-refractivity contribution in [2.24, 2.45) is 0 Å². The van der Waals surface area contributed by atoms with Crippen molar-refractivity contribution in [3.8, 4) is 0 Å². The molecule has 0 fully saturated rings. The number of hydrogen-bond acceptors (Lipinski definition) is 6. The summed E-state index contributed by atoms with van der Waals surface area (Å²) in [7, 11) is 0. The minimum Gasteiger partial charge on any atom is -0.326 e. The molecule has 0 bridgehead atoms. The predicted molar refractivity (Wildman–Crippen MR) is 126 cm³/mol. The maximum absolute atomic E-state index is 13.2. The Morgan fingerprint density at radius 3 is 2.44 bits per heavy atom. The van der Waals surface area contributed by atoms with E-state index < -0.39 is 5.82 Å². The summed E-state index contributed by atoms with van der Waals surface area (Å²) in [5, 5.41) is 9.73. The second-order valence-corrected chi connectivity index (χ2v) is 9.05. The number of aromatic nitrogens is 1. The number of anilines is 3. The van der Waals surface area contributed by atoms with Crippen LogP contribution in [0.25, 0.3) is 0 Å². The lowest BCUT2D eigenvalue weighted by Gasteiger charge is -2.07. The van der Waals surface area contributed by atoms with Crippen molar-refractivity contribution in [2.75, 3.05) is 21.7 Å². The SMILES string of the molecule is CC(=O)Nc1cccc(NC(=O)CSc2nc(CC(=O)Nc3ccc(F)c(Cl)c3)cs2)c1. The van der Waals surface area contributed by atoms with Crippen LogP contribution < -0.4 is 16.0 Å². The molecule has 0 saturated carbocycles. The fourth-order valence-electron chi connectivity index (χ4n) is 2.58. The van der Waals surface area contributed by atoms with Gasteiger partial charge >= 0.3 is 0 Å². The van der Waals surface area contributed by atoms with Crippen LogP contribution >= 0.6 is 34.7 Å². The molecule has 1 aromatic heterocycles. The van der Waals surface area contributed by atoms with E-state index in [0.29, 0.717) is 27.1 Å². The van der Waals surface area contributed by atoms with Crippen LogP contribution in [0.2, 0.25) is 5.02 Å². The van der Waals surface area contributed by atoms with Crippen molar-refractivity contribution in [1.82, 2.24) is 4.98 Å². The third-order valence-electron chi connectivity index (χ3n) is 3.87. The molecule has 2 aromatic carbocycles. The molecule has 0 aliphatic heterocycles. The fraction of sp³-hybridized carbons (Fsp3) is 0.143. The summed E-state index contributed by atoms with van der Waals surface area (Å²) >= 11 is 8.30. The monoisotopic (exact) mass is 492 g/mol. The zero-order valence-corrected chi connectivity index (χ0v) is 19.2. The van der Waals surface area contributed by atoms with E-state index in [4.69, 9.17) is 11.6 Å². The van der Waals surface area contributed by atoms with Gasteiger partial charge in [-0.25, -0.2) is 9.37 Å². The Morgan fingerprint density at radius 1 is 1.03 bits per heavy atom. The molecular weight excluding hydrogens is 475 g/mol. The predicted octanol–water partition coefficient (Wildman–Crippen LogP) is 4.81. The van der Waals surface area contributed by atoms with Crippen LogP contribution in [0, 0.1) is 5.82 Å². The molecule has 0 unspecified atom stereocenters. The third-order valence-corrected chi connectivity index (χ3v) is 6.23. The summed E-state index contributed by atoms with van der Waals surface area (Å²) < 4.78 is 13.9. The van der Waals surface area contributed by atoms with Crippen molar-refractivity contribution in [2.45, 2.75) is 17.7 Å². The van der Waals surface area contributed by atoms with Gasteiger partial charge in [0.05, 0.1) is 22.9 Å². The van der Waals surface area contributed by atoms with Crippen LogP contribution in [0.4, 0.5) is 21.5 Å². The molecule has 0 aliphatic carbocycles. The molecule has 11 heteroatoms. The van der Waals surface area contributed by atoms with Crippen LogP contribution in [-0.4, -0.2) is 28.5 Å². The van der Waals surface area contributed by atoms with Gasteiger partial charge in [-0.15, -0.1) is 11.3 Å². The van der Waals surface area contributed by atoms with E-state index in [2.05, 4.69) is 20.9 Å². The molecule has 3 N–H and O–H groups in total. The molecule has 166 valence electrons. The number of rotatable bonds is 8. The summed E-state index contributed by atoms with van der Waals surface area (Å²) in [6.07, 6.45) is 0.0359. The van der Waals surface area contributed by atoms with Crippen LogP contribution in [-0.2, 0) is 20.8 Å². The van der Waals surface area contributed by atoms with Gasteiger partial charge in [0.25, 0.3) is 0 Å². The number of hydrogen-bond donors (Lipinski definition) is 3. The Morgan fingerprint density at radius 2 is 1.72 bits per heavy atom. The lowest BCUT2D eigenvalue weighted by molar-refractivity contribution is -0.116. The van der Waals surface area contributed by atoms with Gasteiger partial charge < -0.3 is 16.0 Å². The van der Waals surface area contributed by atoms with E-state index in [1.54, 1.807) is 29.6 Å². The highest BCUT2D eigenvalue weighted by molar-refractivity contribution is 8.01.